The molecule has 1 unspecified atom stereocenters. The van der Waals surface area contributed by atoms with Gasteiger partial charge in [0.1, 0.15) is 5.75 Å². The third-order valence-corrected chi connectivity index (χ3v) is 4.12. The maximum atomic E-state index is 10.1. The first-order chi connectivity index (χ1) is 10.0. The Morgan fingerprint density at radius 2 is 1.76 bits per heavy atom. The minimum atomic E-state index is -0.160. The molecule has 2 aromatic carbocycles. The van der Waals surface area contributed by atoms with Crippen LogP contribution in [0.5, 0.6) is 5.75 Å². The second kappa shape index (κ2) is 5.76. The fraction of sp³-hybridized carbons (Fsp3) is 0.133. The molecular weight excluding hydrogens is 331 g/mol. The molecule has 2 aromatic rings. The van der Waals surface area contributed by atoms with Crippen molar-refractivity contribution in [3.63, 3.8) is 0 Å². The van der Waals surface area contributed by atoms with Crippen LogP contribution in [0, 0.1) is 0 Å². The van der Waals surface area contributed by atoms with Crippen molar-refractivity contribution >= 4 is 40.5 Å². The van der Waals surface area contributed by atoms with Crippen molar-refractivity contribution < 1.29 is 5.11 Å². The standard InChI is InChI=1S/C15H11Cl3N2O/c16-9-3-1-8(2-4-9)13-7-14(20-19-13)11-5-10(17)6-12(18)15(11)21/h1-6,14,20-21H,7H2. The van der Waals surface area contributed by atoms with Gasteiger partial charge < -0.3 is 10.5 Å². The van der Waals surface area contributed by atoms with E-state index in [9.17, 15) is 5.11 Å². The third-order valence-electron chi connectivity index (χ3n) is 3.36. The molecule has 108 valence electrons. The van der Waals surface area contributed by atoms with E-state index >= 15 is 0 Å². The minimum Gasteiger partial charge on any atom is -0.506 e. The molecule has 2 N–H and O–H groups in total. The van der Waals surface area contributed by atoms with Crippen LogP contribution in [0.1, 0.15) is 23.6 Å². The molecular formula is C15H11Cl3N2O. The van der Waals surface area contributed by atoms with Gasteiger partial charge in [-0.15, -0.1) is 0 Å². The molecule has 1 atom stereocenters. The predicted molar refractivity (Wildman–Crippen MR) is 86.6 cm³/mol. The van der Waals surface area contributed by atoms with E-state index in [0.717, 1.165) is 11.3 Å². The molecule has 0 radical (unpaired) electrons. The van der Waals surface area contributed by atoms with E-state index in [2.05, 4.69) is 10.5 Å². The zero-order chi connectivity index (χ0) is 15.0. The highest BCUT2D eigenvalue weighted by Crippen LogP contribution is 2.37. The summed E-state index contributed by atoms with van der Waals surface area (Å²) in [5.74, 6) is 0.0334. The number of phenolic OH excluding ortho intramolecular Hbond substituents is 1. The lowest BCUT2D eigenvalue weighted by atomic mass is 9.98. The fourth-order valence-corrected chi connectivity index (χ4v) is 2.93. The highest BCUT2D eigenvalue weighted by Gasteiger charge is 2.25. The van der Waals surface area contributed by atoms with Gasteiger partial charge in [0.2, 0.25) is 0 Å². The zero-order valence-corrected chi connectivity index (χ0v) is 13.0. The van der Waals surface area contributed by atoms with Gasteiger partial charge in [0.25, 0.3) is 0 Å². The van der Waals surface area contributed by atoms with Gasteiger partial charge in [0.15, 0.2) is 0 Å². The molecule has 0 bridgehead atoms. The number of nitrogens with one attached hydrogen (secondary N) is 1. The van der Waals surface area contributed by atoms with Crippen LogP contribution in [0.2, 0.25) is 15.1 Å². The van der Waals surface area contributed by atoms with Gasteiger partial charge in [-0.1, -0.05) is 46.9 Å². The van der Waals surface area contributed by atoms with Crippen LogP contribution < -0.4 is 5.43 Å². The molecule has 0 spiro atoms. The Hall–Kier alpha value is -1.42. The normalized spacial score (nSPS) is 17.5. The van der Waals surface area contributed by atoms with Crippen molar-refractivity contribution in [2.45, 2.75) is 12.5 Å². The van der Waals surface area contributed by atoms with Crippen LogP contribution >= 0.6 is 34.8 Å². The summed E-state index contributed by atoms with van der Waals surface area (Å²) < 4.78 is 0. The van der Waals surface area contributed by atoms with E-state index < -0.39 is 0 Å². The average molecular weight is 342 g/mol. The quantitative estimate of drug-likeness (QED) is 0.824. The first-order valence-corrected chi connectivity index (χ1v) is 7.44. The Morgan fingerprint density at radius 3 is 2.48 bits per heavy atom. The second-order valence-corrected chi connectivity index (χ2v) is 6.06. The lowest BCUT2D eigenvalue weighted by Gasteiger charge is -2.13. The van der Waals surface area contributed by atoms with E-state index in [-0.39, 0.29) is 16.8 Å². The number of rotatable bonds is 2. The summed E-state index contributed by atoms with van der Waals surface area (Å²) >= 11 is 17.8. The first kappa shape index (κ1) is 14.5. The van der Waals surface area contributed by atoms with Crippen molar-refractivity contribution in [2.24, 2.45) is 5.10 Å². The van der Waals surface area contributed by atoms with Crippen LogP contribution in [-0.4, -0.2) is 10.8 Å². The van der Waals surface area contributed by atoms with Crippen LogP contribution in [0.25, 0.3) is 0 Å². The maximum Gasteiger partial charge on any atom is 0.139 e. The van der Waals surface area contributed by atoms with Crippen LogP contribution in [0.4, 0.5) is 0 Å². The van der Waals surface area contributed by atoms with Gasteiger partial charge in [-0.25, -0.2) is 0 Å². The molecule has 0 saturated heterocycles. The summed E-state index contributed by atoms with van der Waals surface area (Å²) in [6.45, 7) is 0. The Bertz CT molecular complexity index is 714. The monoisotopic (exact) mass is 340 g/mol. The topological polar surface area (TPSA) is 44.6 Å². The van der Waals surface area contributed by atoms with E-state index in [0.29, 0.717) is 22.0 Å². The van der Waals surface area contributed by atoms with Gasteiger partial charge in [0, 0.05) is 22.0 Å². The van der Waals surface area contributed by atoms with Gasteiger partial charge >= 0.3 is 0 Å². The summed E-state index contributed by atoms with van der Waals surface area (Å²) in [7, 11) is 0. The maximum absolute atomic E-state index is 10.1. The number of hydrogen-bond acceptors (Lipinski definition) is 3. The molecule has 0 amide bonds. The number of hydrogen-bond donors (Lipinski definition) is 2. The number of phenols is 1. The predicted octanol–water partition coefficient (Wildman–Crippen LogP) is 4.79. The van der Waals surface area contributed by atoms with Crippen molar-refractivity contribution in [1.82, 2.24) is 5.43 Å². The SMILES string of the molecule is Oc1c(Cl)cc(Cl)cc1C1CC(c2ccc(Cl)cc2)=NN1. The van der Waals surface area contributed by atoms with Crippen LogP contribution in [0.15, 0.2) is 41.5 Å². The molecule has 3 rings (SSSR count). The van der Waals surface area contributed by atoms with Crippen LogP contribution in [-0.2, 0) is 0 Å². The third kappa shape index (κ3) is 2.95. The first-order valence-electron chi connectivity index (χ1n) is 6.30. The van der Waals surface area contributed by atoms with Crippen molar-refractivity contribution in [3.8, 4) is 5.75 Å². The Labute approximate surface area is 137 Å². The number of hydrazone groups is 1. The molecule has 1 heterocycles. The largest absolute Gasteiger partial charge is 0.506 e. The van der Waals surface area contributed by atoms with Gasteiger partial charge in [-0.2, -0.15) is 5.10 Å². The van der Waals surface area contributed by atoms with Gasteiger partial charge in [-0.05, 0) is 29.8 Å². The number of benzene rings is 2. The second-order valence-electron chi connectivity index (χ2n) is 4.78. The molecule has 3 nitrogen and oxygen atoms in total. The molecule has 1 aliphatic rings. The highest BCUT2D eigenvalue weighted by atomic mass is 35.5. The summed E-state index contributed by atoms with van der Waals surface area (Å²) in [4.78, 5) is 0. The summed E-state index contributed by atoms with van der Waals surface area (Å²) in [6.07, 6.45) is 0.631. The van der Waals surface area contributed by atoms with E-state index in [1.54, 1.807) is 6.07 Å². The molecule has 6 heteroatoms. The summed E-state index contributed by atoms with van der Waals surface area (Å²) in [6, 6.07) is 10.5. The van der Waals surface area contributed by atoms with E-state index in [1.165, 1.54) is 6.07 Å². The van der Waals surface area contributed by atoms with Crippen molar-refractivity contribution in [3.05, 3.63) is 62.6 Å². The molecule has 0 saturated carbocycles. The number of aromatic hydroxyl groups is 1. The Kier molecular flexibility index (Phi) is 3.98. The average Bonchev–Trinajstić information content (AvgIpc) is 2.93. The lowest BCUT2D eigenvalue weighted by Crippen LogP contribution is -2.10. The Morgan fingerprint density at radius 1 is 1.05 bits per heavy atom. The van der Waals surface area contributed by atoms with Crippen LogP contribution in [0.3, 0.4) is 0 Å². The van der Waals surface area contributed by atoms with Crippen molar-refractivity contribution in [2.75, 3.05) is 0 Å². The highest BCUT2D eigenvalue weighted by molar-refractivity contribution is 6.35. The van der Waals surface area contributed by atoms with E-state index in [1.807, 2.05) is 24.3 Å². The summed E-state index contributed by atoms with van der Waals surface area (Å²) in [5.41, 5.74) is 5.53. The Balaban J connectivity index is 1.85. The smallest absolute Gasteiger partial charge is 0.139 e. The zero-order valence-electron chi connectivity index (χ0n) is 10.8. The summed E-state index contributed by atoms with van der Waals surface area (Å²) in [5, 5.41) is 15.8. The molecule has 0 fully saturated rings. The lowest BCUT2D eigenvalue weighted by molar-refractivity contribution is 0.456. The van der Waals surface area contributed by atoms with Gasteiger partial charge in [-0.3, -0.25) is 0 Å². The minimum absolute atomic E-state index is 0.0334. The fourth-order valence-electron chi connectivity index (χ4n) is 2.30. The van der Waals surface area contributed by atoms with Gasteiger partial charge in [0.05, 0.1) is 16.8 Å². The molecule has 0 aliphatic carbocycles. The number of nitrogens with zero attached hydrogens (tertiary/aromatic N) is 1. The molecule has 1 aliphatic heterocycles. The number of halogens is 3. The van der Waals surface area contributed by atoms with E-state index in [4.69, 9.17) is 34.8 Å². The molecule has 0 aromatic heterocycles. The van der Waals surface area contributed by atoms with Crippen molar-refractivity contribution in [1.29, 1.82) is 0 Å². The molecule has 21 heavy (non-hydrogen) atoms.